The Labute approximate surface area is 381 Å². The van der Waals surface area contributed by atoms with Crippen molar-refractivity contribution in [3.05, 3.63) is 249 Å². The summed E-state index contributed by atoms with van der Waals surface area (Å²) in [6.07, 6.45) is 0. The monoisotopic (exact) mass is 851 g/mol. The molecule has 12 rings (SSSR count). The molecule has 0 saturated carbocycles. The standard InChI is InChI=1S/C60H41N3OS/c1-6-20-42(21-7-1)43-34-36-48(37-35-43)63(50-38-53-51-30-16-18-32-57(51)64-59(53)55(40-50)62(46-26-12-4-13-27-46)47-28-14-5-15-29-47)56-41-49(39-54-52-31-17-19-33-58(52)65-60(54)56)61(44-22-8-2-9-23-44)45-24-10-3-11-25-45/h1-41H. The van der Waals surface area contributed by atoms with Crippen molar-refractivity contribution in [3.8, 4) is 11.1 Å². The predicted molar refractivity (Wildman–Crippen MR) is 276 cm³/mol. The van der Waals surface area contributed by atoms with Crippen LogP contribution in [0.5, 0.6) is 0 Å². The minimum absolute atomic E-state index is 0.821. The smallest absolute Gasteiger partial charge is 0.159 e. The van der Waals surface area contributed by atoms with Gasteiger partial charge in [-0.2, -0.15) is 0 Å². The van der Waals surface area contributed by atoms with Crippen LogP contribution >= 0.6 is 11.3 Å². The van der Waals surface area contributed by atoms with Gasteiger partial charge in [0.05, 0.1) is 16.1 Å². The van der Waals surface area contributed by atoms with Gasteiger partial charge < -0.3 is 19.1 Å². The summed E-state index contributed by atoms with van der Waals surface area (Å²) in [5, 5.41) is 4.53. The number of rotatable bonds is 10. The molecule has 12 aromatic rings. The van der Waals surface area contributed by atoms with E-state index in [1.54, 1.807) is 0 Å². The Bertz CT molecular complexity index is 3510. The molecule has 308 valence electrons. The van der Waals surface area contributed by atoms with Crippen LogP contribution in [0.4, 0.5) is 51.2 Å². The summed E-state index contributed by atoms with van der Waals surface area (Å²) in [7, 11) is 0. The van der Waals surface area contributed by atoms with Gasteiger partial charge in [-0.25, -0.2) is 0 Å². The summed E-state index contributed by atoms with van der Waals surface area (Å²) in [4.78, 5) is 7.16. The molecule has 0 aliphatic heterocycles. The van der Waals surface area contributed by atoms with Crippen molar-refractivity contribution in [1.82, 2.24) is 0 Å². The molecule has 0 fully saturated rings. The van der Waals surface area contributed by atoms with Gasteiger partial charge in [-0.1, -0.05) is 152 Å². The largest absolute Gasteiger partial charge is 0.454 e. The number of thiophene rings is 1. The Balaban J connectivity index is 1.19. The summed E-state index contributed by atoms with van der Waals surface area (Å²) in [6.45, 7) is 0. The highest BCUT2D eigenvalue weighted by molar-refractivity contribution is 7.26. The average Bonchev–Trinajstić information content (AvgIpc) is 3.95. The van der Waals surface area contributed by atoms with E-state index < -0.39 is 0 Å². The van der Waals surface area contributed by atoms with E-state index in [1.807, 2.05) is 17.4 Å². The molecule has 4 nitrogen and oxygen atoms in total. The van der Waals surface area contributed by atoms with Gasteiger partial charge in [0, 0.05) is 66.1 Å². The number of furan rings is 1. The molecule has 0 spiro atoms. The quantitative estimate of drug-likeness (QED) is 0.137. The first-order valence-corrected chi connectivity index (χ1v) is 22.7. The summed E-state index contributed by atoms with van der Waals surface area (Å²) < 4.78 is 9.35. The minimum atomic E-state index is 0.821. The Kier molecular flexibility index (Phi) is 9.66. The van der Waals surface area contributed by atoms with Crippen LogP contribution in [0.2, 0.25) is 0 Å². The molecule has 5 heteroatoms. The lowest BCUT2D eigenvalue weighted by molar-refractivity contribution is 0.669. The molecule has 0 unspecified atom stereocenters. The number of nitrogens with zero attached hydrogens (tertiary/aromatic N) is 3. The third-order valence-corrected chi connectivity index (χ3v) is 13.4. The highest BCUT2D eigenvalue weighted by Crippen LogP contribution is 2.52. The van der Waals surface area contributed by atoms with Crippen LogP contribution in [-0.4, -0.2) is 0 Å². The highest BCUT2D eigenvalue weighted by Gasteiger charge is 2.27. The van der Waals surface area contributed by atoms with Crippen LogP contribution in [0.15, 0.2) is 253 Å². The van der Waals surface area contributed by atoms with E-state index in [0.717, 1.165) is 78.7 Å². The highest BCUT2D eigenvalue weighted by atomic mass is 32.1. The molecule has 2 heterocycles. The predicted octanol–water partition coefficient (Wildman–Crippen LogP) is 18.0. The van der Waals surface area contributed by atoms with Gasteiger partial charge in [0.25, 0.3) is 0 Å². The Morgan fingerprint density at radius 3 is 1.34 bits per heavy atom. The van der Waals surface area contributed by atoms with Crippen molar-refractivity contribution in [2.45, 2.75) is 0 Å². The van der Waals surface area contributed by atoms with Crippen molar-refractivity contribution < 1.29 is 4.42 Å². The molecule has 0 saturated heterocycles. The fourth-order valence-corrected chi connectivity index (χ4v) is 10.4. The molecule has 0 aliphatic carbocycles. The third kappa shape index (κ3) is 6.96. The van der Waals surface area contributed by atoms with E-state index in [1.165, 1.54) is 25.7 Å². The molecule has 0 bridgehead atoms. The molecule has 0 radical (unpaired) electrons. The van der Waals surface area contributed by atoms with E-state index in [-0.39, 0.29) is 0 Å². The number of fused-ring (bicyclic) bond motifs is 6. The topological polar surface area (TPSA) is 22.9 Å². The number of para-hydroxylation sites is 5. The van der Waals surface area contributed by atoms with Crippen molar-refractivity contribution >= 4 is 105 Å². The zero-order chi connectivity index (χ0) is 43.1. The van der Waals surface area contributed by atoms with Gasteiger partial charge in [0.2, 0.25) is 0 Å². The van der Waals surface area contributed by atoms with Gasteiger partial charge in [0.1, 0.15) is 5.58 Å². The van der Waals surface area contributed by atoms with Crippen molar-refractivity contribution in [2.75, 3.05) is 14.7 Å². The molecule has 0 atom stereocenters. The molecular formula is C60H41N3OS. The zero-order valence-corrected chi connectivity index (χ0v) is 36.1. The van der Waals surface area contributed by atoms with Gasteiger partial charge in [-0.05, 0) is 108 Å². The molecular weight excluding hydrogens is 811 g/mol. The minimum Gasteiger partial charge on any atom is -0.454 e. The van der Waals surface area contributed by atoms with Crippen molar-refractivity contribution in [2.24, 2.45) is 0 Å². The van der Waals surface area contributed by atoms with Crippen LogP contribution < -0.4 is 14.7 Å². The van der Waals surface area contributed by atoms with Crippen molar-refractivity contribution in [3.63, 3.8) is 0 Å². The first kappa shape index (κ1) is 38.3. The molecule has 65 heavy (non-hydrogen) atoms. The number of hydrogen-bond acceptors (Lipinski definition) is 5. The molecule has 10 aromatic carbocycles. The van der Waals surface area contributed by atoms with Gasteiger partial charge in [-0.15, -0.1) is 11.3 Å². The summed E-state index contributed by atoms with van der Waals surface area (Å²) in [5.74, 6) is 0. The van der Waals surface area contributed by atoms with E-state index in [4.69, 9.17) is 4.42 Å². The lowest BCUT2D eigenvalue weighted by Crippen LogP contribution is -2.15. The fourth-order valence-electron chi connectivity index (χ4n) is 9.22. The van der Waals surface area contributed by atoms with E-state index in [0.29, 0.717) is 0 Å². The second-order valence-electron chi connectivity index (χ2n) is 16.1. The molecule has 0 amide bonds. The SMILES string of the molecule is c1ccc(-c2ccc(N(c3cc(N(c4ccccc4)c4ccccc4)c4oc5ccccc5c4c3)c3cc(N(c4ccccc4)c4ccccc4)cc4c3sc3ccccc34)cc2)cc1. The van der Waals surface area contributed by atoms with Crippen molar-refractivity contribution in [1.29, 1.82) is 0 Å². The first-order valence-electron chi connectivity index (χ1n) is 21.9. The fraction of sp³-hybridized carbons (Fsp3) is 0. The van der Waals surface area contributed by atoms with E-state index >= 15 is 0 Å². The van der Waals surface area contributed by atoms with Gasteiger partial charge >= 0.3 is 0 Å². The molecule has 0 N–H and O–H groups in total. The lowest BCUT2D eigenvalue weighted by Gasteiger charge is -2.31. The third-order valence-electron chi connectivity index (χ3n) is 12.2. The number of benzene rings is 10. The van der Waals surface area contributed by atoms with Crippen LogP contribution in [0.1, 0.15) is 0 Å². The molecule has 0 aliphatic rings. The van der Waals surface area contributed by atoms with Crippen LogP contribution in [0, 0.1) is 0 Å². The first-order chi connectivity index (χ1) is 32.2. The summed E-state index contributed by atoms with van der Waals surface area (Å²) in [5.41, 5.74) is 13.3. The maximum absolute atomic E-state index is 6.91. The molecule has 2 aromatic heterocycles. The average molecular weight is 852 g/mol. The van der Waals surface area contributed by atoms with Gasteiger partial charge in [-0.3, -0.25) is 0 Å². The summed E-state index contributed by atoms with van der Waals surface area (Å²) >= 11 is 1.84. The lowest BCUT2D eigenvalue weighted by atomic mass is 10.0. The van der Waals surface area contributed by atoms with Crippen LogP contribution in [-0.2, 0) is 0 Å². The van der Waals surface area contributed by atoms with Crippen LogP contribution in [0.25, 0.3) is 53.2 Å². The Morgan fingerprint density at radius 2 is 0.723 bits per heavy atom. The Morgan fingerprint density at radius 1 is 0.292 bits per heavy atom. The maximum Gasteiger partial charge on any atom is 0.159 e. The second-order valence-corrected chi connectivity index (χ2v) is 17.2. The number of anilines is 9. The Hall–Kier alpha value is -8.38. The van der Waals surface area contributed by atoms with E-state index in [2.05, 4.69) is 257 Å². The van der Waals surface area contributed by atoms with Gasteiger partial charge in [0.15, 0.2) is 5.58 Å². The second kappa shape index (κ2) is 16.4. The maximum atomic E-state index is 6.91. The van der Waals surface area contributed by atoms with E-state index in [9.17, 15) is 0 Å². The number of hydrogen-bond donors (Lipinski definition) is 0. The summed E-state index contributed by atoms with van der Waals surface area (Å²) in [6, 6.07) is 88.8. The zero-order valence-electron chi connectivity index (χ0n) is 35.3. The van der Waals surface area contributed by atoms with Crippen LogP contribution in [0.3, 0.4) is 0 Å². The normalized spacial score (nSPS) is 11.4.